The fourth-order valence-electron chi connectivity index (χ4n) is 2.20. The van der Waals surface area contributed by atoms with Crippen molar-refractivity contribution >= 4 is 11.8 Å². The van der Waals surface area contributed by atoms with Crippen LogP contribution in [0.1, 0.15) is 32.1 Å². The van der Waals surface area contributed by atoms with Crippen LogP contribution in [0.25, 0.3) is 0 Å². The average molecular weight is 215 g/mol. The molecule has 2 unspecified atom stereocenters. The van der Waals surface area contributed by atoms with E-state index in [9.17, 15) is 0 Å². The summed E-state index contributed by atoms with van der Waals surface area (Å²) in [6.45, 7) is 2.18. The summed E-state index contributed by atoms with van der Waals surface area (Å²) in [6.07, 6.45) is 7.05. The summed E-state index contributed by atoms with van der Waals surface area (Å²) in [4.78, 5) is 0. The topological polar surface area (TPSA) is 21.3 Å². The largest absolute Gasteiger partial charge is 0.378 e. The van der Waals surface area contributed by atoms with Gasteiger partial charge in [-0.3, -0.25) is 0 Å². The molecule has 2 atom stereocenters. The molecule has 0 saturated carbocycles. The zero-order valence-corrected chi connectivity index (χ0v) is 9.65. The first-order valence-corrected chi connectivity index (χ1v) is 7.03. The molecule has 0 bridgehead atoms. The third-order valence-electron chi connectivity index (χ3n) is 3.09. The van der Waals surface area contributed by atoms with Crippen molar-refractivity contribution in [3.63, 3.8) is 0 Å². The number of hydrogen-bond acceptors (Lipinski definition) is 3. The number of ether oxygens (including phenoxy) is 1. The fraction of sp³-hybridized carbons (Fsp3) is 1.00. The van der Waals surface area contributed by atoms with Crippen LogP contribution in [0.5, 0.6) is 0 Å². The number of thioether (sulfide) groups is 1. The lowest BCUT2D eigenvalue weighted by Crippen LogP contribution is -2.29. The minimum atomic E-state index is 0.578. The van der Waals surface area contributed by atoms with Crippen LogP contribution in [0.15, 0.2) is 0 Å². The molecule has 2 saturated heterocycles. The van der Waals surface area contributed by atoms with Crippen molar-refractivity contribution in [3.8, 4) is 0 Å². The Morgan fingerprint density at radius 2 is 2.36 bits per heavy atom. The molecular weight excluding hydrogens is 194 g/mol. The highest BCUT2D eigenvalue weighted by atomic mass is 32.2. The third-order valence-corrected chi connectivity index (χ3v) is 4.25. The summed E-state index contributed by atoms with van der Waals surface area (Å²) in [7, 11) is 0. The van der Waals surface area contributed by atoms with Gasteiger partial charge in [0.05, 0.1) is 6.10 Å². The maximum absolute atomic E-state index is 5.59. The molecule has 3 heteroatoms. The minimum Gasteiger partial charge on any atom is -0.378 e. The number of rotatable bonds is 5. The summed E-state index contributed by atoms with van der Waals surface area (Å²) in [6, 6.07) is 0.796. The van der Waals surface area contributed by atoms with E-state index in [1.807, 2.05) is 0 Å². The van der Waals surface area contributed by atoms with Gasteiger partial charge in [-0.15, -0.1) is 0 Å². The van der Waals surface area contributed by atoms with E-state index in [1.54, 1.807) is 0 Å². The Morgan fingerprint density at radius 1 is 1.36 bits per heavy atom. The lowest BCUT2D eigenvalue weighted by molar-refractivity contribution is 0.102. The maximum Gasteiger partial charge on any atom is 0.0576 e. The molecule has 2 aliphatic heterocycles. The van der Waals surface area contributed by atoms with Gasteiger partial charge in [-0.25, -0.2) is 0 Å². The van der Waals surface area contributed by atoms with Crippen LogP contribution in [0, 0.1) is 0 Å². The van der Waals surface area contributed by atoms with Crippen molar-refractivity contribution in [2.24, 2.45) is 0 Å². The predicted octanol–water partition coefficient (Wildman–Crippen LogP) is 2.04. The lowest BCUT2D eigenvalue weighted by Gasteiger charge is -2.12. The van der Waals surface area contributed by atoms with E-state index in [-0.39, 0.29) is 0 Å². The highest BCUT2D eigenvalue weighted by molar-refractivity contribution is 7.99. The van der Waals surface area contributed by atoms with E-state index in [2.05, 4.69) is 17.1 Å². The van der Waals surface area contributed by atoms with E-state index >= 15 is 0 Å². The van der Waals surface area contributed by atoms with Gasteiger partial charge in [0.15, 0.2) is 0 Å². The molecule has 0 aromatic heterocycles. The van der Waals surface area contributed by atoms with Crippen LogP contribution in [-0.2, 0) is 4.74 Å². The van der Waals surface area contributed by atoms with E-state index in [0.29, 0.717) is 6.10 Å². The highest BCUT2D eigenvalue weighted by Crippen LogP contribution is 2.18. The first-order chi connectivity index (χ1) is 6.95. The van der Waals surface area contributed by atoms with E-state index in [4.69, 9.17) is 4.74 Å². The molecule has 0 spiro atoms. The quantitative estimate of drug-likeness (QED) is 0.709. The molecule has 2 rings (SSSR count). The van der Waals surface area contributed by atoms with E-state index in [1.165, 1.54) is 50.2 Å². The standard InChI is InChI=1S/C11H21NOS/c1(3-11-4-2-7-13-11)6-12-10-5-8-14-9-10/h10-12H,1-9H2. The molecule has 2 fully saturated rings. The van der Waals surface area contributed by atoms with Gasteiger partial charge < -0.3 is 10.1 Å². The molecule has 1 N–H and O–H groups in total. The lowest BCUT2D eigenvalue weighted by atomic mass is 10.1. The first-order valence-electron chi connectivity index (χ1n) is 5.88. The summed E-state index contributed by atoms with van der Waals surface area (Å²) in [5.41, 5.74) is 0. The molecule has 0 aliphatic carbocycles. The average Bonchev–Trinajstić information content (AvgIpc) is 2.86. The summed E-state index contributed by atoms with van der Waals surface area (Å²) in [5.74, 6) is 2.67. The van der Waals surface area contributed by atoms with Crippen molar-refractivity contribution < 1.29 is 4.74 Å². The van der Waals surface area contributed by atoms with Gasteiger partial charge >= 0.3 is 0 Å². The van der Waals surface area contributed by atoms with Crippen LogP contribution >= 0.6 is 11.8 Å². The van der Waals surface area contributed by atoms with Crippen molar-refractivity contribution in [2.45, 2.75) is 44.2 Å². The Labute approximate surface area is 91.2 Å². The summed E-state index contributed by atoms with van der Waals surface area (Å²) in [5, 5.41) is 3.63. The molecule has 82 valence electrons. The second-order valence-corrected chi connectivity index (χ2v) is 5.44. The number of hydrogen-bond donors (Lipinski definition) is 1. The predicted molar refractivity (Wildman–Crippen MR) is 61.9 cm³/mol. The minimum absolute atomic E-state index is 0.578. The molecule has 2 nitrogen and oxygen atoms in total. The molecule has 0 amide bonds. The van der Waals surface area contributed by atoms with Gasteiger partial charge in [-0.2, -0.15) is 11.8 Å². The highest BCUT2D eigenvalue weighted by Gasteiger charge is 2.16. The number of nitrogens with one attached hydrogen (secondary N) is 1. The second-order valence-electron chi connectivity index (χ2n) is 4.29. The van der Waals surface area contributed by atoms with E-state index in [0.717, 1.165) is 12.6 Å². The van der Waals surface area contributed by atoms with Gasteiger partial charge in [0.2, 0.25) is 0 Å². The molecule has 0 aromatic carbocycles. The van der Waals surface area contributed by atoms with E-state index < -0.39 is 0 Å². The first kappa shape index (κ1) is 10.8. The Hall–Kier alpha value is 0.270. The smallest absolute Gasteiger partial charge is 0.0576 e. The third kappa shape index (κ3) is 3.44. The Balaban J connectivity index is 1.46. The summed E-state index contributed by atoms with van der Waals surface area (Å²) < 4.78 is 5.59. The normalized spacial score (nSPS) is 32.6. The molecule has 2 aliphatic rings. The monoisotopic (exact) mass is 215 g/mol. The van der Waals surface area contributed by atoms with Gasteiger partial charge in [-0.1, -0.05) is 0 Å². The molecule has 2 heterocycles. The molecule has 14 heavy (non-hydrogen) atoms. The van der Waals surface area contributed by atoms with Crippen LogP contribution < -0.4 is 5.32 Å². The zero-order valence-electron chi connectivity index (χ0n) is 8.84. The molecule has 0 aromatic rings. The second kappa shape index (κ2) is 5.99. The summed E-state index contributed by atoms with van der Waals surface area (Å²) >= 11 is 2.08. The van der Waals surface area contributed by atoms with Crippen molar-refractivity contribution in [1.82, 2.24) is 5.32 Å². The SMILES string of the molecule is C(CNC1CCSC1)CC1CCCO1. The molecular formula is C11H21NOS. The fourth-order valence-corrected chi connectivity index (χ4v) is 3.39. The Bertz CT molecular complexity index is 135. The van der Waals surface area contributed by atoms with Gasteiger partial charge in [0, 0.05) is 18.4 Å². The Morgan fingerprint density at radius 3 is 3.07 bits per heavy atom. The zero-order chi connectivity index (χ0) is 9.64. The van der Waals surface area contributed by atoms with Gasteiger partial charge in [0.1, 0.15) is 0 Å². The molecule has 0 radical (unpaired) electrons. The van der Waals surface area contributed by atoms with Crippen LogP contribution in [0.4, 0.5) is 0 Å². The van der Waals surface area contributed by atoms with Crippen LogP contribution in [0.2, 0.25) is 0 Å². The maximum atomic E-state index is 5.59. The van der Waals surface area contributed by atoms with Crippen LogP contribution in [-0.4, -0.2) is 36.8 Å². The van der Waals surface area contributed by atoms with Gasteiger partial charge in [-0.05, 0) is 44.4 Å². The van der Waals surface area contributed by atoms with Crippen molar-refractivity contribution in [1.29, 1.82) is 0 Å². The van der Waals surface area contributed by atoms with Crippen molar-refractivity contribution in [2.75, 3.05) is 24.7 Å². The van der Waals surface area contributed by atoms with Crippen molar-refractivity contribution in [3.05, 3.63) is 0 Å². The van der Waals surface area contributed by atoms with Crippen LogP contribution in [0.3, 0.4) is 0 Å². The van der Waals surface area contributed by atoms with Gasteiger partial charge in [0.25, 0.3) is 0 Å². The Kier molecular flexibility index (Phi) is 4.61.